The number of halogens is 6. The highest BCUT2D eigenvalue weighted by Gasteiger charge is 2.47. The van der Waals surface area contributed by atoms with Gasteiger partial charge in [0.15, 0.2) is 11.5 Å². The SMILES string of the molecule is [CH2]C1C(F)=C(F)C=C(F)C1(F)C/C(Br)=C\Br. The van der Waals surface area contributed by atoms with Crippen molar-refractivity contribution < 1.29 is 17.6 Å². The molecule has 1 rings (SSSR count). The molecule has 0 aliphatic heterocycles. The lowest BCUT2D eigenvalue weighted by Crippen LogP contribution is -2.35. The molecule has 0 fully saturated rings. The van der Waals surface area contributed by atoms with Crippen LogP contribution in [0, 0.1) is 12.8 Å². The van der Waals surface area contributed by atoms with E-state index in [-0.39, 0.29) is 10.6 Å². The fourth-order valence-corrected chi connectivity index (χ4v) is 1.90. The lowest BCUT2D eigenvalue weighted by atomic mass is 9.82. The minimum Gasteiger partial charge on any atom is -0.235 e. The third-order valence-corrected chi connectivity index (χ3v) is 3.96. The number of hydrogen-bond donors (Lipinski definition) is 0. The molecule has 0 bridgehead atoms. The van der Waals surface area contributed by atoms with Gasteiger partial charge in [-0.3, -0.25) is 0 Å². The fraction of sp³-hybridized carbons (Fsp3) is 0.300. The first-order valence-electron chi connectivity index (χ1n) is 4.22. The Balaban J connectivity index is 3.12. The van der Waals surface area contributed by atoms with Crippen LogP contribution in [0.1, 0.15) is 6.42 Å². The lowest BCUT2D eigenvalue weighted by Gasteiger charge is -2.31. The fourth-order valence-electron chi connectivity index (χ4n) is 1.33. The van der Waals surface area contributed by atoms with Crippen LogP contribution < -0.4 is 0 Å². The van der Waals surface area contributed by atoms with Gasteiger partial charge < -0.3 is 0 Å². The highest BCUT2D eigenvalue weighted by molar-refractivity contribution is 9.14. The summed E-state index contributed by atoms with van der Waals surface area (Å²) in [4.78, 5) is 1.32. The zero-order chi connectivity index (χ0) is 12.5. The van der Waals surface area contributed by atoms with Crippen LogP contribution in [0.15, 0.2) is 33.0 Å². The van der Waals surface area contributed by atoms with Crippen molar-refractivity contribution >= 4 is 31.9 Å². The highest BCUT2D eigenvalue weighted by atomic mass is 79.9. The molecule has 1 aliphatic rings. The third-order valence-electron chi connectivity index (χ3n) is 2.28. The summed E-state index contributed by atoms with van der Waals surface area (Å²) in [6, 6.07) is 0. The van der Waals surface area contributed by atoms with Crippen LogP contribution >= 0.6 is 31.9 Å². The standard InChI is InChI=1S/C10H7Br2F4/c1-5-9(15)7(13)2-8(14)10(5,16)3-6(12)4-11/h2,4-5H,1,3H2/b6-4+. The minimum atomic E-state index is -2.66. The Morgan fingerprint density at radius 2 is 2.06 bits per heavy atom. The molecule has 2 atom stereocenters. The summed E-state index contributed by atoms with van der Waals surface area (Å²) in [6.45, 7) is 3.13. The Labute approximate surface area is 107 Å². The van der Waals surface area contributed by atoms with E-state index in [0.717, 1.165) is 0 Å². The molecular formula is C10H7Br2F4. The van der Waals surface area contributed by atoms with Crippen molar-refractivity contribution in [2.45, 2.75) is 12.1 Å². The molecule has 1 radical (unpaired) electrons. The van der Waals surface area contributed by atoms with Crippen LogP contribution in [0.2, 0.25) is 0 Å². The molecule has 0 saturated heterocycles. The predicted molar refractivity (Wildman–Crippen MR) is 61.7 cm³/mol. The summed E-state index contributed by atoms with van der Waals surface area (Å²) in [7, 11) is 0. The van der Waals surface area contributed by atoms with Crippen molar-refractivity contribution in [3.05, 3.63) is 39.9 Å². The van der Waals surface area contributed by atoms with Crippen LogP contribution in [0.5, 0.6) is 0 Å². The maximum atomic E-state index is 14.2. The molecular weight excluding hydrogens is 356 g/mol. The molecule has 1 aliphatic carbocycles. The third kappa shape index (κ3) is 2.42. The Kier molecular flexibility index (Phi) is 4.40. The lowest BCUT2D eigenvalue weighted by molar-refractivity contribution is 0.117. The maximum Gasteiger partial charge on any atom is 0.175 e. The van der Waals surface area contributed by atoms with Gasteiger partial charge in [0.25, 0.3) is 0 Å². The largest absolute Gasteiger partial charge is 0.235 e. The second-order valence-electron chi connectivity index (χ2n) is 3.34. The van der Waals surface area contributed by atoms with Gasteiger partial charge in [-0.25, -0.2) is 17.6 Å². The second-order valence-corrected chi connectivity index (χ2v) is 4.81. The highest BCUT2D eigenvalue weighted by Crippen LogP contribution is 2.46. The summed E-state index contributed by atoms with van der Waals surface area (Å²) >= 11 is 5.87. The molecule has 0 aromatic heterocycles. The van der Waals surface area contributed by atoms with Crippen LogP contribution in [0.3, 0.4) is 0 Å². The van der Waals surface area contributed by atoms with E-state index in [4.69, 9.17) is 0 Å². The Morgan fingerprint density at radius 1 is 1.50 bits per heavy atom. The average molecular weight is 363 g/mol. The summed E-state index contributed by atoms with van der Waals surface area (Å²) in [5.74, 6) is -5.89. The van der Waals surface area contributed by atoms with Crippen molar-refractivity contribution in [2.75, 3.05) is 0 Å². The monoisotopic (exact) mass is 361 g/mol. The molecule has 0 amide bonds. The maximum absolute atomic E-state index is 14.2. The molecule has 6 heteroatoms. The van der Waals surface area contributed by atoms with E-state index >= 15 is 0 Å². The summed E-state index contributed by atoms with van der Waals surface area (Å²) in [6.07, 6.45) is -0.249. The molecule has 0 aromatic carbocycles. The first-order valence-corrected chi connectivity index (χ1v) is 5.93. The Hall–Kier alpha value is -0.100. The zero-order valence-electron chi connectivity index (χ0n) is 7.91. The van der Waals surface area contributed by atoms with E-state index in [0.29, 0.717) is 0 Å². The van der Waals surface area contributed by atoms with Crippen molar-refractivity contribution in [3.63, 3.8) is 0 Å². The van der Waals surface area contributed by atoms with Crippen LogP contribution in [0.4, 0.5) is 17.6 Å². The van der Waals surface area contributed by atoms with E-state index in [1.165, 1.54) is 4.99 Å². The van der Waals surface area contributed by atoms with Gasteiger partial charge >= 0.3 is 0 Å². The van der Waals surface area contributed by atoms with Gasteiger partial charge in [-0.15, -0.1) is 0 Å². The number of allylic oxidation sites excluding steroid dienone is 5. The number of hydrogen-bond acceptors (Lipinski definition) is 0. The van der Waals surface area contributed by atoms with Crippen LogP contribution in [0.25, 0.3) is 0 Å². The molecule has 0 heterocycles. The van der Waals surface area contributed by atoms with Gasteiger partial charge in [0, 0.05) is 17.0 Å². The van der Waals surface area contributed by atoms with Crippen molar-refractivity contribution in [1.82, 2.24) is 0 Å². The van der Waals surface area contributed by atoms with E-state index in [1.807, 2.05) is 0 Å². The minimum absolute atomic E-state index is 0.214. The summed E-state index contributed by atoms with van der Waals surface area (Å²) in [5.41, 5.74) is -2.66. The van der Waals surface area contributed by atoms with Gasteiger partial charge in [0.1, 0.15) is 11.7 Å². The van der Waals surface area contributed by atoms with Crippen molar-refractivity contribution in [2.24, 2.45) is 5.92 Å². The second kappa shape index (κ2) is 5.04. The van der Waals surface area contributed by atoms with Crippen LogP contribution in [-0.2, 0) is 0 Å². The van der Waals surface area contributed by atoms with Gasteiger partial charge in [0.2, 0.25) is 0 Å². The Morgan fingerprint density at radius 3 is 2.56 bits per heavy atom. The first-order chi connectivity index (χ1) is 7.32. The predicted octanol–water partition coefficient (Wildman–Crippen LogP) is 5.18. The molecule has 0 aromatic rings. The van der Waals surface area contributed by atoms with Crippen molar-refractivity contribution in [1.29, 1.82) is 0 Å². The normalized spacial score (nSPS) is 31.8. The van der Waals surface area contributed by atoms with Crippen LogP contribution in [-0.4, -0.2) is 5.67 Å². The molecule has 0 spiro atoms. The average Bonchev–Trinajstić information content (AvgIpc) is 2.24. The quantitative estimate of drug-likeness (QED) is 0.593. The molecule has 0 nitrogen and oxygen atoms in total. The van der Waals surface area contributed by atoms with Crippen molar-refractivity contribution in [3.8, 4) is 0 Å². The van der Waals surface area contributed by atoms with Gasteiger partial charge in [-0.2, -0.15) is 0 Å². The summed E-state index contributed by atoms with van der Waals surface area (Å²) in [5, 5.41) is 0. The molecule has 16 heavy (non-hydrogen) atoms. The molecule has 2 unspecified atom stereocenters. The Bertz CT molecular complexity index is 386. The zero-order valence-corrected chi connectivity index (χ0v) is 11.1. The molecule has 0 N–H and O–H groups in total. The van der Waals surface area contributed by atoms with E-state index < -0.39 is 35.5 Å². The molecule has 89 valence electrons. The number of rotatable bonds is 2. The van der Waals surface area contributed by atoms with Gasteiger partial charge in [0.05, 0.1) is 5.92 Å². The smallest absolute Gasteiger partial charge is 0.175 e. The first kappa shape index (κ1) is 14.0. The van der Waals surface area contributed by atoms with Gasteiger partial charge in [-0.1, -0.05) is 31.9 Å². The van der Waals surface area contributed by atoms with E-state index in [2.05, 4.69) is 38.8 Å². The van der Waals surface area contributed by atoms with E-state index in [1.54, 1.807) is 0 Å². The topological polar surface area (TPSA) is 0 Å². The van der Waals surface area contributed by atoms with E-state index in [9.17, 15) is 17.6 Å². The van der Waals surface area contributed by atoms with Gasteiger partial charge in [-0.05, 0) is 11.9 Å². The number of alkyl halides is 1. The molecule has 0 saturated carbocycles. The summed E-state index contributed by atoms with van der Waals surface area (Å²) < 4.78 is 53.7.